The van der Waals surface area contributed by atoms with Gasteiger partial charge >= 0.3 is 0 Å². The van der Waals surface area contributed by atoms with Crippen LogP contribution >= 0.6 is 0 Å². The maximum Gasteiger partial charge on any atom is 0.261 e. The van der Waals surface area contributed by atoms with E-state index in [1.165, 1.54) is 24.1 Å². The van der Waals surface area contributed by atoms with E-state index in [4.69, 9.17) is 4.74 Å². The second-order valence-electron chi connectivity index (χ2n) is 6.24. The molecule has 6 heteroatoms. The lowest BCUT2D eigenvalue weighted by Crippen LogP contribution is -2.49. The molecule has 0 radical (unpaired) electrons. The van der Waals surface area contributed by atoms with Crippen LogP contribution in [-0.2, 0) is 16.1 Å². The molecule has 0 unspecified atom stereocenters. The maximum absolute atomic E-state index is 13.2. The zero-order valence-corrected chi connectivity index (χ0v) is 15.9. The van der Waals surface area contributed by atoms with E-state index in [1.807, 2.05) is 32.0 Å². The summed E-state index contributed by atoms with van der Waals surface area (Å²) in [6.45, 7) is 3.75. The van der Waals surface area contributed by atoms with Gasteiger partial charge < -0.3 is 15.0 Å². The van der Waals surface area contributed by atoms with E-state index in [0.717, 1.165) is 11.1 Å². The van der Waals surface area contributed by atoms with Crippen LogP contribution in [0.3, 0.4) is 0 Å². The molecule has 5 nitrogen and oxygen atoms in total. The number of hydrogen-bond acceptors (Lipinski definition) is 3. The highest BCUT2D eigenvalue weighted by atomic mass is 19.1. The van der Waals surface area contributed by atoms with Crippen molar-refractivity contribution in [3.05, 3.63) is 65.5 Å². The Morgan fingerprint density at radius 1 is 1.15 bits per heavy atom. The van der Waals surface area contributed by atoms with Gasteiger partial charge in [-0.05, 0) is 42.7 Å². The zero-order valence-electron chi connectivity index (χ0n) is 15.9. The molecule has 0 bridgehead atoms. The molecule has 2 aromatic carbocycles. The van der Waals surface area contributed by atoms with Crippen LogP contribution in [0.25, 0.3) is 0 Å². The Morgan fingerprint density at radius 3 is 2.41 bits per heavy atom. The molecule has 0 aliphatic rings. The van der Waals surface area contributed by atoms with Crippen molar-refractivity contribution in [3.63, 3.8) is 0 Å². The van der Waals surface area contributed by atoms with Crippen LogP contribution in [0.15, 0.2) is 48.5 Å². The Morgan fingerprint density at radius 2 is 1.81 bits per heavy atom. The fraction of sp³-hybridized carbons (Fsp3) is 0.333. The van der Waals surface area contributed by atoms with Crippen molar-refractivity contribution in [1.29, 1.82) is 0 Å². The van der Waals surface area contributed by atoms with E-state index < -0.39 is 6.04 Å². The summed E-state index contributed by atoms with van der Waals surface area (Å²) < 4.78 is 18.8. The van der Waals surface area contributed by atoms with Crippen LogP contribution in [0.2, 0.25) is 0 Å². The first kappa shape index (κ1) is 20.4. The largest absolute Gasteiger partial charge is 0.484 e. The molecule has 0 spiro atoms. The number of carbonyl (C=O) groups is 2. The lowest BCUT2D eigenvalue weighted by atomic mass is 10.1. The summed E-state index contributed by atoms with van der Waals surface area (Å²) in [6, 6.07) is 12.7. The summed E-state index contributed by atoms with van der Waals surface area (Å²) >= 11 is 0. The quantitative estimate of drug-likeness (QED) is 0.775. The minimum absolute atomic E-state index is 0.181. The van der Waals surface area contributed by atoms with E-state index in [0.29, 0.717) is 12.2 Å². The highest BCUT2D eigenvalue weighted by molar-refractivity contribution is 5.88. The summed E-state index contributed by atoms with van der Waals surface area (Å²) in [4.78, 5) is 26.6. The Bertz CT molecular complexity index is 777. The maximum atomic E-state index is 13.2. The number of aryl methyl sites for hydroxylation is 1. The van der Waals surface area contributed by atoms with Gasteiger partial charge in [-0.15, -0.1) is 0 Å². The van der Waals surface area contributed by atoms with Crippen LogP contribution in [0, 0.1) is 12.7 Å². The molecule has 0 aliphatic heterocycles. The van der Waals surface area contributed by atoms with E-state index in [-0.39, 0.29) is 30.8 Å². The lowest BCUT2D eigenvalue weighted by molar-refractivity contribution is -0.142. The summed E-state index contributed by atoms with van der Waals surface area (Å²) in [6.07, 6.45) is 0.455. The van der Waals surface area contributed by atoms with Crippen molar-refractivity contribution in [3.8, 4) is 5.75 Å². The third-order valence-corrected chi connectivity index (χ3v) is 4.34. The number of halogens is 1. The molecule has 0 fully saturated rings. The van der Waals surface area contributed by atoms with Gasteiger partial charge in [0.2, 0.25) is 5.91 Å². The molecule has 2 rings (SSSR count). The molecular weight excluding hydrogens is 347 g/mol. The minimum atomic E-state index is -0.631. The second kappa shape index (κ2) is 9.71. The molecule has 0 aromatic heterocycles. The van der Waals surface area contributed by atoms with Gasteiger partial charge in [-0.1, -0.05) is 37.3 Å². The van der Waals surface area contributed by atoms with Crippen LogP contribution in [0.1, 0.15) is 24.5 Å². The van der Waals surface area contributed by atoms with Crippen LogP contribution in [-0.4, -0.2) is 36.4 Å². The number of rotatable bonds is 8. The van der Waals surface area contributed by atoms with Crippen molar-refractivity contribution in [2.24, 2.45) is 0 Å². The van der Waals surface area contributed by atoms with Gasteiger partial charge in [-0.3, -0.25) is 9.59 Å². The van der Waals surface area contributed by atoms with Crippen molar-refractivity contribution in [2.45, 2.75) is 32.9 Å². The first-order chi connectivity index (χ1) is 13.0. The van der Waals surface area contributed by atoms with Gasteiger partial charge in [0.25, 0.3) is 5.91 Å². The van der Waals surface area contributed by atoms with Crippen LogP contribution in [0.4, 0.5) is 4.39 Å². The van der Waals surface area contributed by atoms with Crippen LogP contribution in [0.5, 0.6) is 5.75 Å². The van der Waals surface area contributed by atoms with Gasteiger partial charge in [0.1, 0.15) is 17.6 Å². The third-order valence-electron chi connectivity index (χ3n) is 4.34. The molecule has 0 aliphatic carbocycles. The molecule has 144 valence electrons. The molecule has 0 saturated carbocycles. The molecule has 0 saturated heterocycles. The average Bonchev–Trinajstić information content (AvgIpc) is 2.68. The first-order valence-electron chi connectivity index (χ1n) is 8.90. The topological polar surface area (TPSA) is 58.6 Å². The van der Waals surface area contributed by atoms with Crippen LogP contribution < -0.4 is 10.1 Å². The zero-order chi connectivity index (χ0) is 19.8. The Hall–Kier alpha value is -2.89. The molecule has 2 amide bonds. The molecule has 27 heavy (non-hydrogen) atoms. The fourth-order valence-corrected chi connectivity index (χ4v) is 2.81. The summed E-state index contributed by atoms with van der Waals surface area (Å²) in [7, 11) is 1.54. The highest BCUT2D eigenvalue weighted by Crippen LogP contribution is 2.18. The molecule has 2 aromatic rings. The summed E-state index contributed by atoms with van der Waals surface area (Å²) in [5, 5.41) is 2.60. The van der Waals surface area contributed by atoms with E-state index in [2.05, 4.69) is 5.32 Å². The molecule has 0 heterocycles. The minimum Gasteiger partial charge on any atom is -0.484 e. The summed E-state index contributed by atoms with van der Waals surface area (Å²) in [5.74, 6) is -0.277. The smallest absolute Gasteiger partial charge is 0.261 e. The Balaban J connectivity index is 2.19. The van der Waals surface area contributed by atoms with Gasteiger partial charge in [0.15, 0.2) is 6.61 Å². The van der Waals surface area contributed by atoms with Gasteiger partial charge in [0, 0.05) is 13.6 Å². The Labute approximate surface area is 159 Å². The standard InChI is InChI=1S/C21H25FN2O3/c1-4-18(21(26)23-3)24(13-16-9-11-17(22)12-10-16)20(25)14-27-19-8-6-5-7-15(19)2/h5-12,18H,4,13-14H2,1-3H3,(H,23,26)/t18-/m1/s1. The molecule has 1 N–H and O–H groups in total. The van der Waals surface area contributed by atoms with Gasteiger partial charge in [-0.2, -0.15) is 0 Å². The van der Waals surface area contributed by atoms with Crippen molar-refractivity contribution < 1.29 is 18.7 Å². The van der Waals surface area contributed by atoms with Gasteiger partial charge in [-0.25, -0.2) is 4.39 Å². The summed E-state index contributed by atoms with van der Waals surface area (Å²) in [5.41, 5.74) is 1.66. The number of para-hydroxylation sites is 1. The van der Waals surface area contributed by atoms with E-state index in [1.54, 1.807) is 18.2 Å². The van der Waals surface area contributed by atoms with Crippen molar-refractivity contribution >= 4 is 11.8 Å². The number of hydrogen-bond donors (Lipinski definition) is 1. The number of amides is 2. The molecule has 1 atom stereocenters. The number of nitrogens with zero attached hydrogens (tertiary/aromatic N) is 1. The SMILES string of the molecule is CC[C@H](C(=O)NC)N(Cc1ccc(F)cc1)C(=O)COc1ccccc1C. The number of carbonyl (C=O) groups excluding carboxylic acids is 2. The fourth-order valence-electron chi connectivity index (χ4n) is 2.81. The predicted octanol–water partition coefficient (Wildman–Crippen LogP) is 3.07. The van der Waals surface area contributed by atoms with E-state index in [9.17, 15) is 14.0 Å². The number of nitrogens with one attached hydrogen (secondary N) is 1. The highest BCUT2D eigenvalue weighted by Gasteiger charge is 2.28. The van der Waals surface area contributed by atoms with Crippen molar-refractivity contribution in [1.82, 2.24) is 10.2 Å². The monoisotopic (exact) mass is 372 g/mol. The molecular formula is C21H25FN2O3. The Kier molecular flexibility index (Phi) is 7.34. The normalized spacial score (nSPS) is 11.6. The van der Waals surface area contributed by atoms with Crippen molar-refractivity contribution in [2.75, 3.05) is 13.7 Å². The predicted molar refractivity (Wildman–Crippen MR) is 102 cm³/mol. The average molecular weight is 372 g/mol. The third kappa shape index (κ3) is 5.54. The second-order valence-corrected chi connectivity index (χ2v) is 6.24. The van der Waals surface area contributed by atoms with Gasteiger partial charge in [0.05, 0.1) is 0 Å². The number of likely N-dealkylation sites (N-methyl/N-ethyl adjacent to an activating group) is 1. The number of benzene rings is 2. The lowest BCUT2D eigenvalue weighted by Gasteiger charge is -2.30. The first-order valence-corrected chi connectivity index (χ1v) is 8.90. The van der Waals surface area contributed by atoms with E-state index >= 15 is 0 Å². The number of ether oxygens (including phenoxy) is 1.